The molecule has 2 N–H and O–H groups in total. The highest BCUT2D eigenvalue weighted by atomic mass is 32.2. The van der Waals surface area contributed by atoms with Gasteiger partial charge in [-0.2, -0.15) is 0 Å². The predicted octanol–water partition coefficient (Wildman–Crippen LogP) is 3.08. The fourth-order valence-electron chi connectivity index (χ4n) is 2.12. The standard InChI is InChI=1S/C15H16N2O4S3/c1-8-6-10(13(23-8)16-9(2)18)7-11-14(21)17(15(22)24-11)5-3-4-12(19)20/h6-7H,3-5H2,1-2H3,(H,16,18)(H,19,20)/b11-7+. The first kappa shape index (κ1) is 18.6. The average molecular weight is 385 g/mol. The first-order valence-corrected chi connectivity index (χ1v) is 9.17. The van der Waals surface area contributed by atoms with Gasteiger partial charge < -0.3 is 10.4 Å². The molecule has 0 saturated carbocycles. The fourth-order valence-corrected chi connectivity index (χ4v) is 4.36. The molecule has 0 radical (unpaired) electrons. The van der Waals surface area contributed by atoms with Gasteiger partial charge in [-0.3, -0.25) is 19.3 Å². The average Bonchev–Trinajstić information content (AvgIpc) is 2.92. The molecule has 6 nitrogen and oxygen atoms in total. The van der Waals surface area contributed by atoms with Crippen LogP contribution in [0.3, 0.4) is 0 Å². The summed E-state index contributed by atoms with van der Waals surface area (Å²) in [4.78, 5) is 37.2. The molecule has 0 unspecified atom stereocenters. The molecule has 2 heterocycles. The van der Waals surface area contributed by atoms with Gasteiger partial charge >= 0.3 is 5.97 Å². The summed E-state index contributed by atoms with van der Waals surface area (Å²) in [7, 11) is 0. The van der Waals surface area contributed by atoms with Crippen LogP contribution in [0.15, 0.2) is 11.0 Å². The summed E-state index contributed by atoms with van der Waals surface area (Å²) in [6, 6.07) is 1.90. The van der Waals surface area contributed by atoms with Crippen LogP contribution < -0.4 is 5.32 Å². The van der Waals surface area contributed by atoms with Crippen molar-refractivity contribution in [3.63, 3.8) is 0 Å². The summed E-state index contributed by atoms with van der Waals surface area (Å²) in [5, 5.41) is 12.1. The normalized spacial score (nSPS) is 16.1. The second kappa shape index (κ2) is 7.91. The van der Waals surface area contributed by atoms with Gasteiger partial charge in [0.1, 0.15) is 9.32 Å². The number of carboxylic acid groups (broad SMARTS) is 1. The number of carbonyl (C=O) groups is 3. The number of thioether (sulfide) groups is 1. The number of carbonyl (C=O) groups excluding carboxylic acids is 2. The molecule has 1 saturated heterocycles. The Morgan fingerprint density at radius 3 is 2.79 bits per heavy atom. The van der Waals surface area contributed by atoms with E-state index in [-0.39, 0.29) is 24.8 Å². The Bertz CT molecular complexity index is 739. The van der Waals surface area contributed by atoms with E-state index in [0.717, 1.165) is 10.4 Å². The van der Waals surface area contributed by atoms with E-state index < -0.39 is 5.97 Å². The molecule has 0 aromatic carbocycles. The van der Waals surface area contributed by atoms with E-state index in [4.69, 9.17) is 17.3 Å². The number of thiocarbonyl (C=S) groups is 1. The number of carboxylic acids is 1. The Morgan fingerprint density at radius 2 is 2.17 bits per heavy atom. The number of aliphatic carboxylic acids is 1. The zero-order chi connectivity index (χ0) is 17.9. The van der Waals surface area contributed by atoms with Crippen molar-refractivity contribution in [3.8, 4) is 0 Å². The van der Waals surface area contributed by atoms with E-state index in [1.807, 2.05) is 13.0 Å². The van der Waals surface area contributed by atoms with E-state index >= 15 is 0 Å². The quantitative estimate of drug-likeness (QED) is 0.579. The number of thiophene rings is 1. The van der Waals surface area contributed by atoms with Crippen molar-refractivity contribution in [2.75, 3.05) is 11.9 Å². The smallest absolute Gasteiger partial charge is 0.303 e. The molecule has 1 aromatic rings. The lowest BCUT2D eigenvalue weighted by molar-refractivity contribution is -0.137. The first-order valence-electron chi connectivity index (χ1n) is 7.13. The van der Waals surface area contributed by atoms with Gasteiger partial charge in [-0.1, -0.05) is 24.0 Å². The number of anilines is 1. The lowest BCUT2D eigenvalue weighted by atomic mass is 10.2. The van der Waals surface area contributed by atoms with Crippen molar-refractivity contribution in [3.05, 3.63) is 21.4 Å². The molecule has 0 spiro atoms. The van der Waals surface area contributed by atoms with E-state index in [1.54, 1.807) is 6.08 Å². The molecule has 1 aromatic heterocycles. The van der Waals surface area contributed by atoms with Crippen molar-refractivity contribution in [1.29, 1.82) is 0 Å². The molecular weight excluding hydrogens is 368 g/mol. The van der Waals surface area contributed by atoms with E-state index in [0.29, 0.717) is 20.6 Å². The highest BCUT2D eigenvalue weighted by Gasteiger charge is 2.32. The number of aryl methyl sites for hydroxylation is 1. The molecule has 0 aliphatic carbocycles. The Kier molecular flexibility index (Phi) is 6.14. The number of hydrogen-bond acceptors (Lipinski definition) is 6. The van der Waals surface area contributed by atoms with Crippen LogP contribution in [0.2, 0.25) is 0 Å². The van der Waals surface area contributed by atoms with Crippen molar-refractivity contribution in [2.45, 2.75) is 26.7 Å². The maximum Gasteiger partial charge on any atom is 0.303 e. The third kappa shape index (κ3) is 4.65. The minimum atomic E-state index is -0.898. The molecule has 0 atom stereocenters. The van der Waals surface area contributed by atoms with Gasteiger partial charge in [-0.05, 0) is 25.5 Å². The molecule has 0 bridgehead atoms. The molecular formula is C15H16N2O4S3. The van der Waals surface area contributed by atoms with Gasteiger partial charge in [0.2, 0.25) is 5.91 Å². The summed E-state index contributed by atoms with van der Waals surface area (Å²) >= 11 is 7.83. The van der Waals surface area contributed by atoms with Gasteiger partial charge in [-0.15, -0.1) is 11.3 Å². The van der Waals surface area contributed by atoms with Crippen LogP contribution in [0.1, 0.15) is 30.2 Å². The molecule has 1 aliphatic heterocycles. The summed E-state index contributed by atoms with van der Waals surface area (Å²) < 4.78 is 0.421. The van der Waals surface area contributed by atoms with E-state index in [9.17, 15) is 14.4 Å². The van der Waals surface area contributed by atoms with Crippen LogP contribution in [0, 0.1) is 6.92 Å². The highest BCUT2D eigenvalue weighted by molar-refractivity contribution is 8.26. The van der Waals surface area contributed by atoms with Gasteiger partial charge in [0.25, 0.3) is 5.91 Å². The minimum Gasteiger partial charge on any atom is -0.481 e. The highest BCUT2D eigenvalue weighted by Crippen LogP contribution is 2.36. The van der Waals surface area contributed by atoms with Gasteiger partial charge in [0.15, 0.2) is 0 Å². The molecule has 1 aliphatic rings. The number of nitrogens with one attached hydrogen (secondary N) is 1. The van der Waals surface area contributed by atoms with Crippen molar-refractivity contribution in [2.24, 2.45) is 0 Å². The van der Waals surface area contributed by atoms with Crippen LogP contribution in [0.4, 0.5) is 5.00 Å². The van der Waals surface area contributed by atoms with Crippen LogP contribution in [-0.2, 0) is 14.4 Å². The van der Waals surface area contributed by atoms with Crippen molar-refractivity contribution < 1.29 is 19.5 Å². The lowest BCUT2D eigenvalue weighted by Gasteiger charge is -2.13. The summed E-state index contributed by atoms with van der Waals surface area (Å²) in [6.45, 7) is 3.64. The summed E-state index contributed by atoms with van der Waals surface area (Å²) in [6.07, 6.45) is 2.06. The van der Waals surface area contributed by atoms with Crippen LogP contribution in [-0.4, -0.2) is 38.7 Å². The second-order valence-electron chi connectivity index (χ2n) is 5.15. The Morgan fingerprint density at radius 1 is 1.46 bits per heavy atom. The number of rotatable bonds is 6. The zero-order valence-corrected chi connectivity index (χ0v) is 15.6. The molecule has 2 rings (SSSR count). The maximum absolute atomic E-state index is 12.5. The Hall–Kier alpha value is -1.71. The summed E-state index contributed by atoms with van der Waals surface area (Å²) in [5.74, 6) is -1.30. The topological polar surface area (TPSA) is 86.7 Å². The maximum atomic E-state index is 12.5. The zero-order valence-electron chi connectivity index (χ0n) is 13.1. The van der Waals surface area contributed by atoms with Gasteiger partial charge in [0.05, 0.1) is 4.91 Å². The monoisotopic (exact) mass is 384 g/mol. The predicted molar refractivity (Wildman–Crippen MR) is 100 cm³/mol. The van der Waals surface area contributed by atoms with Crippen LogP contribution in [0.25, 0.3) is 6.08 Å². The largest absolute Gasteiger partial charge is 0.481 e. The first-order chi connectivity index (χ1) is 11.3. The SMILES string of the molecule is CC(=O)Nc1sc(C)cc1/C=C1/SC(=S)N(CCCC(=O)O)C1=O. The minimum absolute atomic E-state index is 0.00743. The molecule has 24 heavy (non-hydrogen) atoms. The second-order valence-corrected chi connectivity index (χ2v) is 8.09. The Labute approximate surface area is 152 Å². The van der Waals surface area contributed by atoms with Crippen molar-refractivity contribution in [1.82, 2.24) is 4.90 Å². The van der Waals surface area contributed by atoms with E-state index in [1.165, 1.54) is 34.9 Å². The number of amides is 2. The molecule has 1 fully saturated rings. The molecule has 2 amide bonds. The number of nitrogens with zero attached hydrogens (tertiary/aromatic N) is 1. The van der Waals surface area contributed by atoms with Crippen LogP contribution in [0.5, 0.6) is 0 Å². The molecule has 128 valence electrons. The third-order valence-electron chi connectivity index (χ3n) is 3.11. The van der Waals surface area contributed by atoms with Crippen molar-refractivity contribution >= 4 is 68.5 Å². The van der Waals surface area contributed by atoms with Gasteiger partial charge in [-0.25, -0.2) is 0 Å². The van der Waals surface area contributed by atoms with E-state index in [2.05, 4.69) is 5.32 Å². The third-order valence-corrected chi connectivity index (χ3v) is 5.47. The van der Waals surface area contributed by atoms with Gasteiger partial charge in [0, 0.05) is 30.3 Å². The number of hydrogen-bond donors (Lipinski definition) is 2. The summed E-state index contributed by atoms with van der Waals surface area (Å²) in [5.41, 5.74) is 0.763. The fraction of sp³-hybridized carbons (Fsp3) is 0.333. The lowest BCUT2D eigenvalue weighted by Crippen LogP contribution is -2.29. The molecule has 9 heteroatoms. The van der Waals surface area contributed by atoms with Crippen LogP contribution >= 0.6 is 35.3 Å². The Balaban J connectivity index is 2.16.